The standard InChI is InChI=1S/C26H44N4O5S/c1-9-17(4)22(28-23(31)19-12-10-11-13-30(19)7)26(33)35-21(14-20(16(2)3)29(5)6)24-27-18(15-36-24)25(32)34-8/h15-17,19-22H,9-14H2,1-8H3,(H,28,31). The van der Waals surface area contributed by atoms with E-state index in [4.69, 9.17) is 9.47 Å². The fourth-order valence-corrected chi connectivity index (χ4v) is 5.50. The van der Waals surface area contributed by atoms with Gasteiger partial charge in [-0.1, -0.05) is 40.5 Å². The smallest absolute Gasteiger partial charge is 0.357 e. The molecular weight excluding hydrogens is 480 g/mol. The van der Waals surface area contributed by atoms with Gasteiger partial charge in [-0.2, -0.15) is 0 Å². The number of methoxy groups -OCH3 is 1. The van der Waals surface area contributed by atoms with Gasteiger partial charge < -0.3 is 19.7 Å². The number of likely N-dealkylation sites (N-methyl/N-ethyl adjacent to an activating group) is 1. The maximum absolute atomic E-state index is 13.6. The third-order valence-corrected chi connectivity index (χ3v) is 8.11. The van der Waals surface area contributed by atoms with Crippen molar-refractivity contribution in [3.63, 3.8) is 0 Å². The summed E-state index contributed by atoms with van der Waals surface area (Å²) in [4.78, 5) is 47.3. The quantitative estimate of drug-likeness (QED) is 0.415. The van der Waals surface area contributed by atoms with E-state index >= 15 is 0 Å². The summed E-state index contributed by atoms with van der Waals surface area (Å²) >= 11 is 1.27. The van der Waals surface area contributed by atoms with Gasteiger partial charge >= 0.3 is 11.9 Å². The van der Waals surface area contributed by atoms with Crippen molar-refractivity contribution in [2.75, 3.05) is 34.8 Å². The molecule has 0 spiro atoms. The molecule has 0 aromatic carbocycles. The van der Waals surface area contributed by atoms with Crippen LogP contribution in [-0.2, 0) is 19.1 Å². The summed E-state index contributed by atoms with van der Waals surface area (Å²) in [6.45, 7) is 9.04. The Kier molecular flexibility index (Phi) is 11.8. The number of rotatable bonds is 12. The van der Waals surface area contributed by atoms with E-state index in [0.717, 1.165) is 25.8 Å². The number of carbonyl (C=O) groups is 3. The predicted octanol–water partition coefficient (Wildman–Crippen LogP) is 3.51. The minimum Gasteiger partial charge on any atom is -0.464 e. The fraction of sp³-hybridized carbons (Fsp3) is 0.769. The second-order valence-corrected chi connectivity index (χ2v) is 11.3. The molecule has 5 atom stereocenters. The summed E-state index contributed by atoms with van der Waals surface area (Å²) in [6, 6.07) is -0.896. The predicted molar refractivity (Wildman–Crippen MR) is 141 cm³/mol. The summed E-state index contributed by atoms with van der Waals surface area (Å²) in [5, 5.41) is 5.16. The molecule has 1 fully saturated rings. The van der Waals surface area contributed by atoms with Gasteiger partial charge in [0.15, 0.2) is 11.8 Å². The first-order valence-electron chi connectivity index (χ1n) is 12.9. The molecule has 0 radical (unpaired) electrons. The van der Waals surface area contributed by atoms with Crippen LogP contribution in [-0.4, -0.2) is 85.6 Å². The first kappa shape index (κ1) is 30.2. The molecule has 1 aliphatic heterocycles. The van der Waals surface area contributed by atoms with Crippen molar-refractivity contribution in [1.82, 2.24) is 20.1 Å². The van der Waals surface area contributed by atoms with Gasteiger partial charge in [0, 0.05) is 17.8 Å². The summed E-state index contributed by atoms with van der Waals surface area (Å²) in [7, 11) is 7.25. The van der Waals surface area contributed by atoms with Gasteiger partial charge in [0.05, 0.1) is 13.2 Å². The van der Waals surface area contributed by atoms with Crippen molar-refractivity contribution in [1.29, 1.82) is 0 Å². The van der Waals surface area contributed by atoms with Crippen molar-refractivity contribution in [2.24, 2.45) is 11.8 Å². The second-order valence-electron chi connectivity index (χ2n) is 10.4. The molecular formula is C26H44N4O5S. The normalized spacial score (nSPS) is 20.0. The Labute approximate surface area is 219 Å². The molecule has 1 saturated heterocycles. The zero-order valence-electron chi connectivity index (χ0n) is 23.1. The van der Waals surface area contributed by atoms with Crippen molar-refractivity contribution in [3.05, 3.63) is 16.1 Å². The Hall–Kier alpha value is -2.04. The van der Waals surface area contributed by atoms with Crippen LogP contribution in [0.2, 0.25) is 0 Å². The number of hydrogen-bond acceptors (Lipinski definition) is 9. The van der Waals surface area contributed by atoms with Crippen LogP contribution >= 0.6 is 11.3 Å². The highest BCUT2D eigenvalue weighted by Crippen LogP contribution is 2.31. The number of ether oxygens (including phenoxy) is 2. The Bertz CT molecular complexity index is 866. The number of amides is 1. The van der Waals surface area contributed by atoms with E-state index in [0.29, 0.717) is 23.8 Å². The van der Waals surface area contributed by atoms with Crippen LogP contribution in [0.3, 0.4) is 0 Å². The lowest BCUT2D eigenvalue weighted by atomic mass is 9.96. The average molecular weight is 525 g/mol. The Balaban J connectivity index is 2.29. The molecule has 0 saturated carbocycles. The van der Waals surface area contributed by atoms with Gasteiger partial charge in [-0.05, 0) is 52.4 Å². The molecule has 204 valence electrons. The molecule has 2 heterocycles. The Morgan fingerprint density at radius 2 is 1.94 bits per heavy atom. The van der Waals surface area contributed by atoms with E-state index < -0.39 is 24.1 Å². The average Bonchev–Trinajstić information content (AvgIpc) is 3.33. The maximum atomic E-state index is 13.6. The first-order valence-corrected chi connectivity index (χ1v) is 13.8. The second kappa shape index (κ2) is 14.0. The minimum absolute atomic E-state index is 0.104. The van der Waals surface area contributed by atoms with Crippen LogP contribution in [0.4, 0.5) is 0 Å². The highest BCUT2D eigenvalue weighted by molar-refractivity contribution is 7.09. The lowest BCUT2D eigenvalue weighted by molar-refractivity contribution is -0.156. The van der Waals surface area contributed by atoms with E-state index in [-0.39, 0.29) is 29.6 Å². The number of likely N-dealkylation sites (tertiary alicyclic amines) is 1. The molecule has 0 bridgehead atoms. The minimum atomic E-state index is -0.766. The van der Waals surface area contributed by atoms with Crippen LogP contribution in [0.1, 0.15) is 81.4 Å². The molecule has 5 unspecified atom stereocenters. The monoisotopic (exact) mass is 524 g/mol. The highest BCUT2D eigenvalue weighted by atomic mass is 32.1. The summed E-state index contributed by atoms with van der Waals surface area (Å²) in [5.74, 6) is -0.943. The van der Waals surface area contributed by atoms with Crippen LogP contribution in [0.25, 0.3) is 0 Å². The first-order chi connectivity index (χ1) is 17.0. The zero-order chi connectivity index (χ0) is 27.0. The molecule has 9 nitrogen and oxygen atoms in total. The molecule has 1 aromatic rings. The van der Waals surface area contributed by atoms with Gasteiger partial charge in [0.2, 0.25) is 5.91 Å². The number of thiazole rings is 1. The maximum Gasteiger partial charge on any atom is 0.357 e. The molecule has 1 amide bonds. The number of carbonyl (C=O) groups excluding carboxylic acids is 3. The highest BCUT2D eigenvalue weighted by Gasteiger charge is 2.35. The van der Waals surface area contributed by atoms with E-state index in [1.54, 1.807) is 5.38 Å². The number of aromatic nitrogens is 1. The SMILES string of the molecule is CCC(C)C(NC(=O)C1CCCCN1C)C(=O)OC(CC(C(C)C)N(C)C)c1nc(C(=O)OC)cs1. The molecule has 1 N–H and O–H groups in total. The summed E-state index contributed by atoms with van der Waals surface area (Å²) < 4.78 is 10.9. The lowest BCUT2D eigenvalue weighted by Crippen LogP contribution is -2.54. The van der Waals surface area contributed by atoms with Gasteiger partial charge in [-0.15, -0.1) is 11.3 Å². The topological polar surface area (TPSA) is 101 Å². The van der Waals surface area contributed by atoms with Gasteiger partial charge in [-0.25, -0.2) is 14.6 Å². The Morgan fingerprint density at radius 3 is 2.50 bits per heavy atom. The van der Waals surface area contributed by atoms with Crippen LogP contribution in [0, 0.1) is 11.8 Å². The number of esters is 2. The molecule has 1 aromatic heterocycles. The number of hydrogen-bond donors (Lipinski definition) is 1. The zero-order valence-corrected chi connectivity index (χ0v) is 23.9. The van der Waals surface area contributed by atoms with E-state index in [9.17, 15) is 14.4 Å². The lowest BCUT2D eigenvalue weighted by Gasteiger charge is -2.34. The van der Waals surface area contributed by atoms with Crippen molar-refractivity contribution < 1.29 is 23.9 Å². The third kappa shape index (κ3) is 7.98. The summed E-state index contributed by atoms with van der Waals surface area (Å²) in [5.41, 5.74) is 0.191. The molecule has 10 heteroatoms. The summed E-state index contributed by atoms with van der Waals surface area (Å²) in [6.07, 6.45) is 3.41. The van der Waals surface area contributed by atoms with Crippen molar-refractivity contribution >= 4 is 29.2 Å². The van der Waals surface area contributed by atoms with Gasteiger partial charge in [0.1, 0.15) is 11.0 Å². The Morgan fingerprint density at radius 1 is 1.25 bits per heavy atom. The van der Waals surface area contributed by atoms with E-state index in [1.807, 2.05) is 35.0 Å². The van der Waals surface area contributed by atoms with Crippen molar-refractivity contribution in [3.8, 4) is 0 Å². The molecule has 2 rings (SSSR count). The van der Waals surface area contributed by atoms with Gasteiger partial charge in [0.25, 0.3) is 0 Å². The fourth-order valence-electron chi connectivity index (χ4n) is 4.67. The van der Waals surface area contributed by atoms with Crippen molar-refractivity contribution in [2.45, 2.75) is 84.0 Å². The van der Waals surface area contributed by atoms with E-state index in [1.165, 1.54) is 18.4 Å². The molecule has 0 aliphatic carbocycles. The van der Waals surface area contributed by atoms with E-state index in [2.05, 4.69) is 33.9 Å². The third-order valence-electron chi connectivity index (χ3n) is 7.18. The van der Waals surface area contributed by atoms with Gasteiger partial charge in [-0.3, -0.25) is 9.69 Å². The molecule has 1 aliphatic rings. The van der Waals surface area contributed by atoms with Crippen LogP contribution in [0.15, 0.2) is 5.38 Å². The number of nitrogens with zero attached hydrogens (tertiary/aromatic N) is 3. The largest absolute Gasteiger partial charge is 0.464 e. The van der Waals surface area contributed by atoms with Crippen LogP contribution in [0.5, 0.6) is 0 Å². The van der Waals surface area contributed by atoms with Crippen LogP contribution < -0.4 is 5.32 Å². The number of nitrogens with one attached hydrogen (secondary N) is 1. The number of piperidine rings is 1. The molecule has 36 heavy (non-hydrogen) atoms.